The minimum Gasteiger partial charge on any atom is -0.345 e. The van der Waals surface area contributed by atoms with Gasteiger partial charge in [-0.05, 0) is 24.6 Å². The molecule has 1 aliphatic rings. The fourth-order valence-corrected chi connectivity index (χ4v) is 2.79. The molecular formula is C16H14F3N5O. The zero-order chi connectivity index (χ0) is 18.0. The third-order valence-electron chi connectivity index (χ3n) is 4.16. The highest BCUT2D eigenvalue weighted by Crippen LogP contribution is 2.34. The first kappa shape index (κ1) is 17.0. The maximum Gasteiger partial charge on any atom is 0.392 e. The van der Waals surface area contributed by atoms with Crippen LogP contribution in [-0.4, -0.2) is 26.8 Å². The average Bonchev–Trinajstić information content (AvgIpc) is 3.01. The third-order valence-corrected chi connectivity index (χ3v) is 4.16. The number of nitrogens with one attached hydrogen (secondary N) is 1. The van der Waals surface area contributed by atoms with Gasteiger partial charge in [0.2, 0.25) is 0 Å². The molecule has 1 atom stereocenters. The van der Waals surface area contributed by atoms with E-state index in [2.05, 4.69) is 15.5 Å². The predicted molar refractivity (Wildman–Crippen MR) is 80.2 cm³/mol. The largest absolute Gasteiger partial charge is 0.392 e. The number of alkyl halides is 3. The summed E-state index contributed by atoms with van der Waals surface area (Å²) in [6.45, 7) is 0.223. The van der Waals surface area contributed by atoms with Crippen molar-refractivity contribution in [3.05, 3.63) is 47.0 Å². The fraction of sp³-hybridized carbons (Fsp3) is 0.375. The van der Waals surface area contributed by atoms with E-state index in [1.165, 1.54) is 6.07 Å². The summed E-state index contributed by atoms with van der Waals surface area (Å²) < 4.78 is 40.0. The molecule has 0 aliphatic carbocycles. The molecule has 1 aliphatic heterocycles. The van der Waals surface area contributed by atoms with Crippen LogP contribution in [0.2, 0.25) is 0 Å². The Morgan fingerprint density at radius 1 is 1.40 bits per heavy atom. The highest BCUT2D eigenvalue weighted by molar-refractivity contribution is 5.94. The first-order chi connectivity index (χ1) is 11.9. The van der Waals surface area contributed by atoms with Crippen molar-refractivity contribution in [3.8, 4) is 6.07 Å². The molecule has 2 aromatic rings. The van der Waals surface area contributed by atoms with E-state index < -0.39 is 18.0 Å². The van der Waals surface area contributed by atoms with E-state index in [0.29, 0.717) is 17.0 Å². The number of hydrogen-bond acceptors (Lipinski definition) is 4. The second-order valence-electron chi connectivity index (χ2n) is 5.79. The number of carbonyl (C=O) groups is 1. The number of hydrogen-bond donors (Lipinski definition) is 1. The Labute approximate surface area is 141 Å². The molecule has 0 unspecified atom stereocenters. The first-order valence-corrected chi connectivity index (χ1v) is 7.64. The van der Waals surface area contributed by atoms with E-state index >= 15 is 0 Å². The Bertz CT molecular complexity index is 837. The van der Waals surface area contributed by atoms with Gasteiger partial charge in [0.05, 0.1) is 24.1 Å². The van der Waals surface area contributed by atoms with Crippen LogP contribution in [0.3, 0.4) is 0 Å². The summed E-state index contributed by atoms with van der Waals surface area (Å²) in [5.74, 6) is -1.09. The van der Waals surface area contributed by atoms with Crippen molar-refractivity contribution >= 4 is 5.91 Å². The van der Waals surface area contributed by atoms with Crippen LogP contribution >= 0.6 is 0 Å². The summed E-state index contributed by atoms with van der Waals surface area (Å²) in [5.41, 5.74) is 0.695. The number of rotatable bonds is 3. The van der Waals surface area contributed by atoms with Gasteiger partial charge in [-0.3, -0.25) is 4.79 Å². The van der Waals surface area contributed by atoms with Gasteiger partial charge in [-0.15, -0.1) is 10.2 Å². The van der Waals surface area contributed by atoms with E-state index in [0.717, 1.165) is 0 Å². The quantitative estimate of drug-likeness (QED) is 0.921. The first-order valence-electron chi connectivity index (χ1n) is 7.64. The Morgan fingerprint density at radius 2 is 2.20 bits per heavy atom. The molecule has 0 bridgehead atoms. The van der Waals surface area contributed by atoms with Crippen LogP contribution in [0.5, 0.6) is 0 Å². The van der Waals surface area contributed by atoms with Crippen LogP contribution in [0, 0.1) is 17.2 Å². The number of fused-ring (bicyclic) bond motifs is 1. The van der Waals surface area contributed by atoms with Crippen molar-refractivity contribution in [2.45, 2.75) is 32.1 Å². The second kappa shape index (κ2) is 6.55. The molecule has 1 amide bonds. The molecule has 130 valence electrons. The van der Waals surface area contributed by atoms with Gasteiger partial charge < -0.3 is 9.88 Å². The van der Waals surface area contributed by atoms with E-state index in [9.17, 15) is 18.0 Å². The molecule has 6 nitrogen and oxygen atoms in total. The van der Waals surface area contributed by atoms with Crippen molar-refractivity contribution in [2.24, 2.45) is 5.92 Å². The van der Waals surface area contributed by atoms with Crippen LogP contribution in [0.4, 0.5) is 13.2 Å². The van der Waals surface area contributed by atoms with Gasteiger partial charge in [-0.1, -0.05) is 6.07 Å². The molecule has 1 N–H and O–H groups in total. The third kappa shape index (κ3) is 3.63. The van der Waals surface area contributed by atoms with Gasteiger partial charge in [-0.2, -0.15) is 18.4 Å². The molecule has 1 aromatic heterocycles. The minimum absolute atomic E-state index is 0.0281. The van der Waals surface area contributed by atoms with Gasteiger partial charge in [0, 0.05) is 18.5 Å². The Morgan fingerprint density at radius 3 is 2.92 bits per heavy atom. The van der Waals surface area contributed by atoms with Crippen LogP contribution in [0.15, 0.2) is 24.3 Å². The van der Waals surface area contributed by atoms with Gasteiger partial charge >= 0.3 is 6.18 Å². The van der Waals surface area contributed by atoms with Crippen LogP contribution in [0.1, 0.15) is 34.0 Å². The lowest BCUT2D eigenvalue weighted by Gasteiger charge is -2.25. The summed E-state index contributed by atoms with van der Waals surface area (Å²) in [4.78, 5) is 12.1. The zero-order valence-corrected chi connectivity index (χ0v) is 13.0. The molecule has 1 aromatic carbocycles. The van der Waals surface area contributed by atoms with E-state index in [1.54, 1.807) is 22.8 Å². The number of nitriles is 1. The average molecular weight is 349 g/mol. The standard InChI is InChI=1S/C16H14F3N5O/c17-16(18,19)12-4-5-24-13(7-12)22-23-14(24)9-21-15(25)11-3-1-2-10(6-11)8-20/h1-3,6,12H,4-5,7,9H2,(H,21,25)/t12-/m1/s1. The molecule has 0 spiro atoms. The second-order valence-corrected chi connectivity index (χ2v) is 5.79. The van der Waals surface area contributed by atoms with Gasteiger partial charge in [0.1, 0.15) is 5.82 Å². The molecule has 9 heteroatoms. The molecule has 0 fully saturated rings. The lowest BCUT2D eigenvalue weighted by atomic mass is 9.97. The normalized spacial score (nSPS) is 16.8. The molecule has 2 heterocycles. The Hall–Kier alpha value is -2.89. The van der Waals surface area contributed by atoms with Crippen molar-refractivity contribution < 1.29 is 18.0 Å². The smallest absolute Gasteiger partial charge is 0.345 e. The number of halogens is 3. The number of aromatic nitrogens is 3. The number of carbonyl (C=O) groups excluding carboxylic acids is 1. The summed E-state index contributed by atoms with van der Waals surface area (Å²) in [5, 5.41) is 19.2. The highest BCUT2D eigenvalue weighted by atomic mass is 19.4. The van der Waals surface area contributed by atoms with Crippen LogP contribution < -0.4 is 5.32 Å². The van der Waals surface area contributed by atoms with E-state index in [-0.39, 0.29) is 31.8 Å². The Balaban J connectivity index is 1.66. The molecule has 0 radical (unpaired) electrons. The van der Waals surface area contributed by atoms with Crippen LogP contribution in [-0.2, 0) is 19.5 Å². The topological polar surface area (TPSA) is 83.6 Å². The molecule has 3 rings (SSSR count). The van der Waals surface area contributed by atoms with Crippen molar-refractivity contribution in [1.29, 1.82) is 5.26 Å². The summed E-state index contributed by atoms with van der Waals surface area (Å²) in [6.07, 6.45) is -4.47. The molecule has 0 saturated carbocycles. The van der Waals surface area contributed by atoms with Crippen LogP contribution in [0.25, 0.3) is 0 Å². The monoisotopic (exact) mass is 349 g/mol. The van der Waals surface area contributed by atoms with Crippen molar-refractivity contribution in [2.75, 3.05) is 0 Å². The lowest BCUT2D eigenvalue weighted by molar-refractivity contribution is -0.179. The molecule has 0 saturated heterocycles. The number of benzene rings is 1. The van der Waals surface area contributed by atoms with Crippen molar-refractivity contribution in [3.63, 3.8) is 0 Å². The summed E-state index contributed by atoms with van der Waals surface area (Å²) in [7, 11) is 0. The van der Waals surface area contributed by atoms with Crippen molar-refractivity contribution in [1.82, 2.24) is 20.1 Å². The maximum atomic E-state index is 12.8. The highest BCUT2D eigenvalue weighted by Gasteiger charge is 2.42. The lowest BCUT2D eigenvalue weighted by Crippen LogP contribution is -2.32. The van der Waals surface area contributed by atoms with Gasteiger partial charge in [-0.25, -0.2) is 0 Å². The van der Waals surface area contributed by atoms with E-state index in [1.807, 2.05) is 6.07 Å². The fourth-order valence-electron chi connectivity index (χ4n) is 2.79. The Kier molecular flexibility index (Phi) is 4.44. The van der Waals surface area contributed by atoms with Gasteiger partial charge in [0.25, 0.3) is 5.91 Å². The summed E-state index contributed by atoms with van der Waals surface area (Å²) in [6, 6.07) is 8.17. The van der Waals surface area contributed by atoms with E-state index in [4.69, 9.17) is 5.26 Å². The predicted octanol–water partition coefficient (Wildman–Crippen LogP) is 2.20. The number of amides is 1. The maximum absolute atomic E-state index is 12.8. The SMILES string of the molecule is N#Cc1cccc(C(=O)NCc2nnc3n2CC[C@@H](C(F)(F)F)C3)c1. The zero-order valence-electron chi connectivity index (χ0n) is 13.0. The number of nitrogens with zero attached hydrogens (tertiary/aromatic N) is 4. The molecular weight excluding hydrogens is 335 g/mol. The van der Waals surface area contributed by atoms with Gasteiger partial charge in [0.15, 0.2) is 5.82 Å². The molecule has 25 heavy (non-hydrogen) atoms. The minimum atomic E-state index is -4.24. The summed E-state index contributed by atoms with van der Waals surface area (Å²) >= 11 is 0.